The lowest BCUT2D eigenvalue weighted by atomic mass is 9.83. The van der Waals surface area contributed by atoms with Gasteiger partial charge in [0.1, 0.15) is 0 Å². The first-order chi connectivity index (χ1) is 10.8. The van der Waals surface area contributed by atoms with Crippen molar-refractivity contribution >= 4 is 30.6 Å². The molecule has 1 aromatic carbocycles. The van der Waals surface area contributed by atoms with Crippen molar-refractivity contribution in [1.82, 2.24) is 10.2 Å². The fraction of sp³-hybridized carbons (Fsp3) is 0.421. The second-order valence-corrected chi connectivity index (χ2v) is 6.12. The van der Waals surface area contributed by atoms with Gasteiger partial charge in [0.05, 0.1) is 0 Å². The van der Waals surface area contributed by atoms with Crippen LogP contribution in [0.4, 0.5) is 0 Å². The van der Waals surface area contributed by atoms with E-state index in [1.807, 2.05) is 30.3 Å². The molecule has 3 nitrogen and oxygen atoms in total. The lowest BCUT2D eigenvalue weighted by Crippen LogP contribution is -2.55. The molecule has 1 aliphatic carbocycles. The van der Waals surface area contributed by atoms with Gasteiger partial charge in [-0.3, -0.25) is 9.69 Å². The van der Waals surface area contributed by atoms with Gasteiger partial charge in [-0.05, 0) is 12.8 Å². The molecule has 0 saturated carbocycles. The van der Waals surface area contributed by atoms with Gasteiger partial charge in [-0.2, -0.15) is 0 Å². The summed E-state index contributed by atoms with van der Waals surface area (Å²) in [6, 6.07) is 9.64. The Bertz CT molecular complexity index is 568. The minimum atomic E-state index is 0. The van der Waals surface area contributed by atoms with Crippen LogP contribution in [0, 0.1) is 0 Å². The van der Waals surface area contributed by atoms with Crippen LogP contribution in [0.3, 0.4) is 0 Å². The van der Waals surface area contributed by atoms with Gasteiger partial charge in [-0.25, -0.2) is 0 Å². The van der Waals surface area contributed by atoms with Gasteiger partial charge in [0.15, 0.2) is 5.78 Å². The molecule has 3 rings (SSSR count). The van der Waals surface area contributed by atoms with Crippen molar-refractivity contribution in [3.05, 3.63) is 60.2 Å². The zero-order chi connectivity index (χ0) is 15.3. The molecule has 1 saturated heterocycles. The summed E-state index contributed by atoms with van der Waals surface area (Å²) >= 11 is 0. The normalized spacial score (nSPS) is 23.2. The van der Waals surface area contributed by atoms with Gasteiger partial charge in [-0.15, -0.1) is 24.8 Å². The first-order valence-electron chi connectivity index (χ1n) is 8.19. The number of ketones is 1. The van der Waals surface area contributed by atoms with Crippen molar-refractivity contribution in [3.8, 4) is 0 Å². The maximum Gasteiger partial charge on any atom is 0.162 e. The number of allylic oxidation sites excluding steroid dienone is 2. The molecule has 0 bridgehead atoms. The summed E-state index contributed by atoms with van der Waals surface area (Å²) in [6.07, 6.45) is 11.3. The third-order valence-electron chi connectivity index (χ3n) is 4.75. The average molecular weight is 369 g/mol. The maximum absolute atomic E-state index is 12.4. The third-order valence-corrected chi connectivity index (χ3v) is 4.75. The largest absolute Gasteiger partial charge is 0.314 e. The molecule has 1 atom stereocenters. The molecule has 5 heteroatoms. The minimum Gasteiger partial charge on any atom is -0.314 e. The Morgan fingerprint density at radius 2 is 1.79 bits per heavy atom. The summed E-state index contributed by atoms with van der Waals surface area (Å²) in [5.74, 6) is 0.248. The summed E-state index contributed by atoms with van der Waals surface area (Å²) in [7, 11) is 0. The van der Waals surface area contributed by atoms with E-state index in [1.165, 1.54) is 0 Å². The van der Waals surface area contributed by atoms with Gasteiger partial charge in [0, 0.05) is 43.7 Å². The first-order valence-corrected chi connectivity index (χ1v) is 8.19. The lowest BCUT2D eigenvalue weighted by molar-refractivity contribution is 0.0859. The van der Waals surface area contributed by atoms with Crippen LogP contribution in [-0.4, -0.2) is 42.4 Å². The Hall–Kier alpha value is -1.13. The number of rotatable bonds is 5. The molecule has 1 heterocycles. The Labute approximate surface area is 157 Å². The van der Waals surface area contributed by atoms with E-state index < -0.39 is 0 Å². The van der Waals surface area contributed by atoms with Crippen LogP contribution in [0.2, 0.25) is 0 Å². The number of nitrogens with one attached hydrogen (secondary N) is 1. The fourth-order valence-electron chi connectivity index (χ4n) is 3.44. The number of nitrogens with zero attached hydrogens (tertiary/aromatic N) is 1. The summed E-state index contributed by atoms with van der Waals surface area (Å²) in [5.41, 5.74) is 0.842. The molecule has 0 spiro atoms. The van der Waals surface area contributed by atoms with Crippen LogP contribution in [0.15, 0.2) is 54.6 Å². The second kappa shape index (κ2) is 10.00. The van der Waals surface area contributed by atoms with Crippen LogP contribution in [0.1, 0.15) is 29.6 Å². The molecule has 2 aliphatic rings. The van der Waals surface area contributed by atoms with Crippen LogP contribution >= 0.6 is 24.8 Å². The molecule has 1 unspecified atom stereocenters. The van der Waals surface area contributed by atoms with Crippen molar-refractivity contribution in [2.45, 2.75) is 24.8 Å². The number of carbonyl (C=O) groups is 1. The highest BCUT2D eigenvalue weighted by Gasteiger charge is 2.35. The summed E-state index contributed by atoms with van der Waals surface area (Å²) in [5, 5.41) is 3.41. The number of piperazine rings is 1. The minimum absolute atomic E-state index is 0. The zero-order valence-corrected chi connectivity index (χ0v) is 15.5. The Balaban J connectivity index is 0.00000144. The van der Waals surface area contributed by atoms with Crippen LogP contribution in [0.25, 0.3) is 0 Å². The molecular weight excluding hydrogens is 343 g/mol. The predicted molar refractivity (Wildman–Crippen MR) is 105 cm³/mol. The van der Waals surface area contributed by atoms with E-state index in [4.69, 9.17) is 0 Å². The summed E-state index contributed by atoms with van der Waals surface area (Å²) in [6.45, 7) is 4.17. The van der Waals surface area contributed by atoms with Gasteiger partial charge in [0.2, 0.25) is 0 Å². The van der Waals surface area contributed by atoms with E-state index in [0.717, 1.165) is 44.6 Å². The fourth-order valence-corrected chi connectivity index (χ4v) is 3.44. The summed E-state index contributed by atoms with van der Waals surface area (Å²) in [4.78, 5) is 15.0. The average Bonchev–Trinajstić information content (AvgIpc) is 2.62. The topological polar surface area (TPSA) is 32.3 Å². The predicted octanol–water partition coefficient (Wildman–Crippen LogP) is 3.65. The molecule has 24 heavy (non-hydrogen) atoms. The standard InChI is InChI=1S/C19H24N2O.2ClH/c22-18(17-7-3-1-4-8-17)9-12-19(10-5-2-6-11-19)21-15-13-20-14-16-21;;/h1-8,10,20H,9,11-16H2;2*1H. The molecule has 1 aliphatic heterocycles. The van der Waals surface area contributed by atoms with Crippen molar-refractivity contribution in [2.24, 2.45) is 0 Å². The van der Waals surface area contributed by atoms with E-state index in [9.17, 15) is 4.79 Å². The highest BCUT2D eigenvalue weighted by atomic mass is 35.5. The Morgan fingerprint density at radius 1 is 1.08 bits per heavy atom. The number of hydrogen-bond acceptors (Lipinski definition) is 3. The molecular formula is C19H26Cl2N2O. The van der Waals surface area contributed by atoms with Gasteiger partial charge in [0.25, 0.3) is 0 Å². The number of carbonyl (C=O) groups excluding carboxylic acids is 1. The SMILES string of the molecule is Cl.Cl.O=C(CCC1(N2CCNCC2)C=CC=CC1)c1ccccc1. The smallest absolute Gasteiger partial charge is 0.162 e. The number of halogens is 2. The molecule has 0 aromatic heterocycles. The molecule has 0 radical (unpaired) electrons. The van der Waals surface area contributed by atoms with Crippen LogP contribution in [0.5, 0.6) is 0 Å². The number of Topliss-reactive ketones (excluding diaryl/α,β-unsaturated/α-hetero) is 1. The van der Waals surface area contributed by atoms with E-state index >= 15 is 0 Å². The lowest BCUT2D eigenvalue weighted by Gasteiger charge is -2.45. The van der Waals surface area contributed by atoms with Crippen molar-refractivity contribution < 1.29 is 4.79 Å². The highest BCUT2D eigenvalue weighted by molar-refractivity contribution is 5.96. The zero-order valence-electron chi connectivity index (χ0n) is 13.8. The van der Waals surface area contributed by atoms with Crippen LogP contribution in [-0.2, 0) is 0 Å². The van der Waals surface area contributed by atoms with Crippen LogP contribution < -0.4 is 5.32 Å². The maximum atomic E-state index is 12.4. The number of hydrogen-bond donors (Lipinski definition) is 1. The van der Waals surface area contributed by atoms with E-state index in [1.54, 1.807) is 0 Å². The van der Waals surface area contributed by atoms with Gasteiger partial charge in [-0.1, -0.05) is 54.6 Å². The van der Waals surface area contributed by atoms with Gasteiger partial charge >= 0.3 is 0 Å². The first kappa shape index (κ1) is 20.9. The van der Waals surface area contributed by atoms with E-state index in [-0.39, 0.29) is 36.1 Å². The number of benzene rings is 1. The monoisotopic (exact) mass is 368 g/mol. The summed E-state index contributed by atoms with van der Waals surface area (Å²) < 4.78 is 0. The van der Waals surface area contributed by atoms with Gasteiger partial charge < -0.3 is 5.32 Å². The second-order valence-electron chi connectivity index (χ2n) is 6.12. The quantitative estimate of drug-likeness (QED) is 0.804. The van der Waals surface area contributed by atoms with E-state index in [2.05, 4.69) is 34.5 Å². The van der Waals surface area contributed by atoms with Crippen molar-refractivity contribution in [3.63, 3.8) is 0 Å². The molecule has 132 valence electrons. The van der Waals surface area contributed by atoms with E-state index in [0.29, 0.717) is 6.42 Å². The molecule has 0 amide bonds. The Morgan fingerprint density at radius 3 is 2.42 bits per heavy atom. The Kier molecular flexibility index (Phi) is 8.71. The van der Waals surface area contributed by atoms with Crippen molar-refractivity contribution in [1.29, 1.82) is 0 Å². The molecule has 1 fully saturated rings. The van der Waals surface area contributed by atoms with Crippen molar-refractivity contribution in [2.75, 3.05) is 26.2 Å². The molecule has 1 aromatic rings. The third kappa shape index (κ3) is 4.93. The molecule has 1 N–H and O–H groups in total. The highest BCUT2D eigenvalue weighted by Crippen LogP contribution is 2.31.